The van der Waals surface area contributed by atoms with Gasteiger partial charge in [-0.15, -0.1) is 0 Å². The minimum absolute atomic E-state index is 0.0714. The van der Waals surface area contributed by atoms with Crippen molar-refractivity contribution in [1.82, 2.24) is 18.3 Å². The van der Waals surface area contributed by atoms with Gasteiger partial charge in [0.25, 0.3) is 11.1 Å². The van der Waals surface area contributed by atoms with Gasteiger partial charge in [0, 0.05) is 38.8 Å². The summed E-state index contributed by atoms with van der Waals surface area (Å²) in [6, 6.07) is 2.85. The van der Waals surface area contributed by atoms with Crippen molar-refractivity contribution in [3.63, 3.8) is 0 Å². The molecule has 1 aromatic carbocycles. The van der Waals surface area contributed by atoms with Crippen LogP contribution in [0.4, 0.5) is 0 Å². The molecule has 3 aromatic rings. The monoisotopic (exact) mass is 466 g/mol. The maximum absolute atomic E-state index is 13.2. The summed E-state index contributed by atoms with van der Waals surface area (Å²) in [5.41, 5.74) is -3.08. The number of aromatic nitrogens is 4. The molecule has 31 heavy (non-hydrogen) atoms. The number of halogens is 2. The highest BCUT2D eigenvalue weighted by Crippen LogP contribution is 2.49. The molecule has 0 radical (unpaired) electrons. The van der Waals surface area contributed by atoms with E-state index >= 15 is 0 Å². The Hall–Kier alpha value is -3.24. The Morgan fingerprint density at radius 2 is 1.39 bits per heavy atom. The van der Waals surface area contributed by atoms with Crippen LogP contribution in [0.25, 0.3) is 0 Å². The Kier molecular flexibility index (Phi) is 4.67. The summed E-state index contributed by atoms with van der Waals surface area (Å²) in [5, 5.41) is 11.0. The molecule has 0 saturated carbocycles. The maximum atomic E-state index is 13.2. The molecule has 10 nitrogen and oxygen atoms in total. The zero-order chi connectivity index (χ0) is 22.9. The largest absolute Gasteiger partial charge is 0.494 e. The van der Waals surface area contributed by atoms with Crippen molar-refractivity contribution in [1.29, 1.82) is 0 Å². The smallest absolute Gasteiger partial charge is 0.333 e. The minimum Gasteiger partial charge on any atom is -0.494 e. The first kappa shape index (κ1) is 21.0. The number of ether oxygens (including phenoxy) is 1. The third-order valence-corrected chi connectivity index (χ3v) is 5.93. The van der Waals surface area contributed by atoms with Gasteiger partial charge in [0.1, 0.15) is 0 Å². The Labute approximate surface area is 183 Å². The second kappa shape index (κ2) is 6.89. The molecule has 0 aliphatic carbocycles. The summed E-state index contributed by atoms with van der Waals surface area (Å²) in [4.78, 5) is 51.0. The molecular formula is C19H16Cl2N4O6. The van der Waals surface area contributed by atoms with E-state index in [4.69, 9.17) is 27.9 Å². The van der Waals surface area contributed by atoms with Crippen molar-refractivity contribution in [3.05, 3.63) is 80.5 Å². The molecule has 2 aromatic heterocycles. The fourth-order valence-corrected chi connectivity index (χ4v) is 4.34. The van der Waals surface area contributed by atoms with Crippen LogP contribution in [0, 0.1) is 0 Å². The van der Waals surface area contributed by atoms with E-state index < -0.39 is 34.3 Å². The standard InChI is InChI=1S/C19H16Cl2N4O6/c1-22-14(26)11(15(27)23(2)18(22)29)10-8-5-7(20)6-9(21)13(8)31-17-12(10)16(28)24(3)19(30)25(17)4/h5-6,10,26H,1-4H3/t10-/m1/s1. The molecule has 1 aliphatic rings. The lowest BCUT2D eigenvalue weighted by Crippen LogP contribution is -2.44. The van der Waals surface area contributed by atoms with Gasteiger partial charge in [-0.2, -0.15) is 0 Å². The molecule has 12 heteroatoms. The third kappa shape index (κ3) is 2.78. The average Bonchev–Trinajstić information content (AvgIpc) is 2.73. The van der Waals surface area contributed by atoms with Gasteiger partial charge in [0.2, 0.25) is 11.8 Å². The zero-order valence-corrected chi connectivity index (χ0v) is 18.3. The lowest BCUT2D eigenvalue weighted by Gasteiger charge is -2.30. The quantitative estimate of drug-likeness (QED) is 0.442. The van der Waals surface area contributed by atoms with Crippen LogP contribution in [0.5, 0.6) is 17.5 Å². The molecular weight excluding hydrogens is 451 g/mol. The molecule has 1 atom stereocenters. The van der Waals surface area contributed by atoms with Crippen molar-refractivity contribution in [2.45, 2.75) is 5.92 Å². The van der Waals surface area contributed by atoms with E-state index in [2.05, 4.69) is 0 Å². The van der Waals surface area contributed by atoms with Gasteiger partial charge in [-0.3, -0.25) is 27.9 Å². The number of rotatable bonds is 1. The van der Waals surface area contributed by atoms with Gasteiger partial charge >= 0.3 is 11.4 Å². The van der Waals surface area contributed by atoms with Crippen LogP contribution in [0.2, 0.25) is 10.0 Å². The third-order valence-electron chi connectivity index (χ3n) is 5.44. The molecule has 0 fully saturated rings. The van der Waals surface area contributed by atoms with Gasteiger partial charge in [-0.25, -0.2) is 9.59 Å². The first-order valence-electron chi connectivity index (χ1n) is 8.92. The average molecular weight is 467 g/mol. The second-order valence-corrected chi connectivity index (χ2v) is 8.05. The van der Waals surface area contributed by atoms with Crippen LogP contribution < -0.4 is 27.2 Å². The molecule has 3 heterocycles. The van der Waals surface area contributed by atoms with Gasteiger partial charge in [-0.05, 0) is 12.1 Å². The molecule has 0 bridgehead atoms. The fourth-order valence-electron chi connectivity index (χ4n) is 3.79. The van der Waals surface area contributed by atoms with Crippen molar-refractivity contribution in [2.75, 3.05) is 0 Å². The van der Waals surface area contributed by atoms with Crippen molar-refractivity contribution >= 4 is 23.2 Å². The van der Waals surface area contributed by atoms with Gasteiger partial charge in [0.15, 0.2) is 5.75 Å². The zero-order valence-electron chi connectivity index (χ0n) is 16.8. The van der Waals surface area contributed by atoms with E-state index in [1.807, 2.05) is 0 Å². The number of fused-ring (bicyclic) bond motifs is 2. The topological polar surface area (TPSA) is 117 Å². The van der Waals surface area contributed by atoms with E-state index in [-0.39, 0.29) is 38.4 Å². The molecule has 0 saturated heterocycles. The number of nitrogens with zero attached hydrogens (tertiary/aromatic N) is 4. The normalized spacial score (nSPS) is 14.7. The molecule has 1 N–H and O–H groups in total. The fraction of sp³-hybridized carbons (Fsp3) is 0.263. The lowest BCUT2D eigenvalue weighted by molar-refractivity contribution is 0.381. The lowest BCUT2D eigenvalue weighted by atomic mass is 9.84. The van der Waals surface area contributed by atoms with Crippen molar-refractivity contribution in [3.8, 4) is 17.5 Å². The van der Waals surface area contributed by atoms with E-state index in [1.165, 1.54) is 40.3 Å². The van der Waals surface area contributed by atoms with Gasteiger partial charge in [0.05, 0.1) is 22.1 Å². The first-order chi connectivity index (χ1) is 14.5. The summed E-state index contributed by atoms with van der Waals surface area (Å²) >= 11 is 12.5. The van der Waals surface area contributed by atoms with E-state index in [0.29, 0.717) is 0 Å². The van der Waals surface area contributed by atoms with Crippen LogP contribution in [0.15, 0.2) is 31.3 Å². The van der Waals surface area contributed by atoms with Crippen LogP contribution in [0.3, 0.4) is 0 Å². The maximum Gasteiger partial charge on any atom is 0.333 e. The summed E-state index contributed by atoms with van der Waals surface area (Å²) in [6.07, 6.45) is 0. The molecule has 0 amide bonds. The molecule has 1 aliphatic heterocycles. The molecule has 0 spiro atoms. The van der Waals surface area contributed by atoms with Crippen LogP contribution in [0.1, 0.15) is 22.6 Å². The number of benzene rings is 1. The Balaban J connectivity index is 2.28. The Morgan fingerprint density at radius 1 is 0.839 bits per heavy atom. The number of hydrogen-bond acceptors (Lipinski definition) is 6. The second-order valence-electron chi connectivity index (χ2n) is 7.21. The predicted molar refractivity (Wildman–Crippen MR) is 113 cm³/mol. The van der Waals surface area contributed by atoms with Crippen molar-refractivity contribution in [2.24, 2.45) is 28.2 Å². The first-order valence-corrected chi connectivity index (χ1v) is 9.68. The molecule has 162 valence electrons. The predicted octanol–water partition coefficient (Wildman–Crippen LogP) is 0.780. The van der Waals surface area contributed by atoms with Gasteiger partial charge < -0.3 is 9.84 Å². The molecule has 0 unspecified atom stereocenters. The summed E-state index contributed by atoms with van der Waals surface area (Å²) < 4.78 is 9.47. The minimum atomic E-state index is -1.22. The van der Waals surface area contributed by atoms with Gasteiger partial charge in [-0.1, -0.05) is 23.2 Å². The van der Waals surface area contributed by atoms with Crippen molar-refractivity contribution < 1.29 is 9.84 Å². The highest BCUT2D eigenvalue weighted by molar-refractivity contribution is 6.35. The van der Waals surface area contributed by atoms with Crippen LogP contribution in [-0.2, 0) is 28.2 Å². The summed E-state index contributed by atoms with van der Waals surface area (Å²) in [7, 11) is 5.20. The molecule has 4 rings (SSSR count). The Bertz CT molecular complexity index is 1500. The SMILES string of the molecule is Cn1c(O)c([C@H]2c3cc(Cl)cc(Cl)c3Oc3c2c(=O)n(C)c(=O)n3C)c(=O)n(C)c1=O. The highest BCUT2D eigenvalue weighted by atomic mass is 35.5. The summed E-state index contributed by atoms with van der Waals surface area (Å²) in [6.45, 7) is 0. The van der Waals surface area contributed by atoms with Crippen LogP contribution >= 0.6 is 23.2 Å². The summed E-state index contributed by atoms with van der Waals surface area (Å²) in [5.74, 6) is -1.91. The highest BCUT2D eigenvalue weighted by Gasteiger charge is 2.39. The van der Waals surface area contributed by atoms with Crippen LogP contribution in [-0.4, -0.2) is 23.4 Å². The van der Waals surface area contributed by atoms with E-state index in [1.54, 1.807) is 0 Å². The Morgan fingerprint density at radius 3 is 2.00 bits per heavy atom. The number of aromatic hydroxyl groups is 1. The van der Waals surface area contributed by atoms with E-state index in [9.17, 15) is 24.3 Å². The van der Waals surface area contributed by atoms with E-state index in [0.717, 1.165) is 18.3 Å². The number of hydrogen-bond donors (Lipinski definition) is 1.